The third-order valence-electron chi connectivity index (χ3n) is 5.14. The average Bonchev–Trinajstić information content (AvgIpc) is 3.22. The van der Waals surface area contributed by atoms with E-state index in [1.54, 1.807) is 22.5 Å². The largest absolute Gasteiger partial charge is 0.411 e. The zero-order valence-corrected chi connectivity index (χ0v) is 18.9. The molecule has 1 aliphatic rings. The van der Waals surface area contributed by atoms with Crippen LogP contribution < -0.4 is 0 Å². The molecule has 0 radical (unpaired) electrons. The highest BCUT2D eigenvalue weighted by molar-refractivity contribution is 7.98. The van der Waals surface area contributed by atoms with Crippen LogP contribution in [0.25, 0.3) is 11.5 Å². The summed E-state index contributed by atoms with van der Waals surface area (Å²) in [6, 6.07) is 14.4. The van der Waals surface area contributed by atoms with Gasteiger partial charge in [-0.2, -0.15) is 4.31 Å². The normalized spacial score (nSPS) is 17.9. The van der Waals surface area contributed by atoms with Crippen molar-refractivity contribution >= 4 is 33.4 Å². The number of sulfonamides is 1. The van der Waals surface area contributed by atoms with Gasteiger partial charge in [0.25, 0.3) is 5.22 Å². The predicted octanol–water partition coefficient (Wildman–Crippen LogP) is 5.25. The maximum atomic E-state index is 12.9. The standard InChI is InChI=1S/C21H22ClN3O3S2/c1-15-6-4-5-13-25(15)30(26,27)17-11-9-16(10-12-17)14-29-21-24-23-20(28-21)18-7-2-3-8-19(18)22/h2-3,7-12,15H,4-6,13-14H2,1H3. The summed E-state index contributed by atoms with van der Waals surface area (Å²) in [5.74, 6) is 0.963. The molecule has 0 aliphatic carbocycles. The molecule has 1 unspecified atom stereocenters. The summed E-state index contributed by atoms with van der Waals surface area (Å²) < 4.78 is 33.2. The van der Waals surface area contributed by atoms with Crippen LogP contribution in [0.3, 0.4) is 0 Å². The minimum atomic E-state index is -3.45. The van der Waals surface area contributed by atoms with Crippen LogP contribution in [0.2, 0.25) is 5.02 Å². The van der Waals surface area contributed by atoms with Crippen molar-refractivity contribution < 1.29 is 12.8 Å². The molecular formula is C21H22ClN3O3S2. The molecule has 3 aromatic rings. The molecule has 0 spiro atoms. The van der Waals surface area contributed by atoms with Gasteiger partial charge < -0.3 is 4.42 Å². The fraction of sp³-hybridized carbons (Fsp3) is 0.333. The van der Waals surface area contributed by atoms with Gasteiger partial charge in [-0.1, -0.05) is 54.0 Å². The van der Waals surface area contributed by atoms with Crippen LogP contribution in [-0.4, -0.2) is 35.5 Å². The average molecular weight is 464 g/mol. The molecule has 1 aliphatic heterocycles. The van der Waals surface area contributed by atoms with Gasteiger partial charge in [0.2, 0.25) is 15.9 Å². The summed E-state index contributed by atoms with van der Waals surface area (Å²) >= 11 is 7.56. The summed E-state index contributed by atoms with van der Waals surface area (Å²) in [6.07, 6.45) is 2.91. The van der Waals surface area contributed by atoms with Crippen LogP contribution in [-0.2, 0) is 15.8 Å². The molecule has 0 saturated carbocycles. The highest BCUT2D eigenvalue weighted by atomic mass is 35.5. The van der Waals surface area contributed by atoms with Crippen LogP contribution in [0, 0.1) is 0 Å². The van der Waals surface area contributed by atoms with Crippen molar-refractivity contribution in [3.8, 4) is 11.5 Å². The van der Waals surface area contributed by atoms with Crippen molar-refractivity contribution in [2.24, 2.45) is 0 Å². The topological polar surface area (TPSA) is 76.3 Å². The van der Waals surface area contributed by atoms with E-state index in [0.717, 1.165) is 24.8 Å². The van der Waals surface area contributed by atoms with Crippen LogP contribution in [0.5, 0.6) is 0 Å². The third kappa shape index (κ3) is 4.56. The van der Waals surface area contributed by atoms with E-state index in [9.17, 15) is 8.42 Å². The van der Waals surface area contributed by atoms with E-state index >= 15 is 0 Å². The first-order valence-corrected chi connectivity index (χ1v) is 12.6. The Morgan fingerprint density at radius 2 is 1.90 bits per heavy atom. The Bertz CT molecular complexity index is 1120. The lowest BCUT2D eigenvalue weighted by Gasteiger charge is -2.32. The van der Waals surface area contributed by atoms with Crippen molar-refractivity contribution in [1.82, 2.24) is 14.5 Å². The van der Waals surface area contributed by atoms with Crippen molar-refractivity contribution in [2.75, 3.05) is 6.54 Å². The number of hydrogen-bond acceptors (Lipinski definition) is 6. The highest BCUT2D eigenvalue weighted by Gasteiger charge is 2.30. The summed E-state index contributed by atoms with van der Waals surface area (Å²) in [7, 11) is -3.45. The minimum Gasteiger partial charge on any atom is -0.411 e. The fourth-order valence-corrected chi connectivity index (χ4v) is 6.11. The summed E-state index contributed by atoms with van der Waals surface area (Å²) in [4.78, 5) is 0.337. The van der Waals surface area contributed by atoms with E-state index in [4.69, 9.17) is 16.0 Å². The monoisotopic (exact) mass is 463 g/mol. The third-order valence-corrected chi connectivity index (χ3v) is 8.39. The van der Waals surface area contributed by atoms with Gasteiger partial charge in [-0.15, -0.1) is 10.2 Å². The molecule has 2 heterocycles. The Morgan fingerprint density at radius 3 is 2.63 bits per heavy atom. The molecular weight excluding hydrogens is 442 g/mol. The van der Waals surface area contributed by atoms with Crippen molar-refractivity contribution in [1.29, 1.82) is 0 Å². The highest BCUT2D eigenvalue weighted by Crippen LogP contribution is 2.30. The van der Waals surface area contributed by atoms with Gasteiger partial charge >= 0.3 is 0 Å². The van der Waals surface area contributed by atoms with Crippen molar-refractivity contribution in [3.05, 3.63) is 59.1 Å². The molecule has 0 amide bonds. The molecule has 2 aromatic carbocycles. The molecule has 4 rings (SSSR count). The second-order valence-electron chi connectivity index (χ2n) is 7.25. The van der Waals surface area contributed by atoms with Gasteiger partial charge in [0.1, 0.15) is 0 Å². The fourth-order valence-electron chi connectivity index (χ4n) is 3.48. The lowest BCUT2D eigenvalue weighted by Crippen LogP contribution is -2.41. The SMILES string of the molecule is CC1CCCCN1S(=O)(=O)c1ccc(CSc2nnc(-c3ccccc3Cl)o2)cc1. The van der Waals surface area contributed by atoms with E-state index in [1.807, 2.05) is 37.3 Å². The number of benzene rings is 2. The molecule has 1 aromatic heterocycles. The Kier molecular flexibility index (Phi) is 6.48. The Labute approximate surface area is 185 Å². The maximum absolute atomic E-state index is 12.9. The molecule has 1 saturated heterocycles. The van der Waals surface area contributed by atoms with Crippen LogP contribution >= 0.6 is 23.4 Å². The number of hydrogen-bond donors (Lipinski definition) is 0. The first kappa shape index (κ1) is 21.4. The van der Waals surface area contributed by atoms with E-state index < -0.39 is 10.0 Å². The van der Waals surface area contributed by atoms with Crippen LogP contribution in [0.15, 0.2) is 63.1 Å². The zero-order valence-electron chi connectivity index (χ0n) is 16.5. The lowest BCUT2D eigenvalue weighted by molar-refractivity contribution is 0.268. The van der Waals surface area contributed by atoms with Crippen LogP contribution in [0.4, 0.5) is 0 Å². The van der Waals surface area contributed by atoms with E-state index in [1.165, 1.54) is 11.8 Å². The van der Waals surface area contributed by atoms with Gasteiger partial charge in [-0.25, -0.2) is 8.42 Å². The van der Waals surface area contributed by atoms with Gasteiger partial charge in [0.15, 0.2) is 0 Å². The molecule has 0 bridgehead atoms. The first-order chi connectivity index (χ1) is 14.4. The Morgan fingerprint density at radius 1 is 1.13 bits per heavy atom. The number of piperidine rings is 1. The summed E-state index contributed by atoms with van der Waals surface area (Å²) in [5, 5.41) is 9.11. The van der Waals surface area contributed by atoms with E-state index in [-0.39, 0.29) is 6.04 Å². The minimum absolute atomic E-state index is 0.0452. The number of thioether (sulfide) groups is 1. The maximum Gasteiger partial charge on any atom is 0.277 e. The molecule has 1 fully saturated rings. The van der Waals surface area contributed by atoms with Gasteiger partial charge in [-0.3, -0.25) is 0 Å². The molecule has 0 N–H and O–H groups in total. The Balaban J connectivity index is 1.42. The van der Waals surface area contributed by atoms with Crippen molar-refractivity contribution in [2.45, 2.75) is 48.1 Å². The quantitative estimate of drug-likeness (QED) is 0.465. The number of nitrogens with zero attached hydrogens (tertiary/aromatic N) is 3. The summed E-state index contributed by atoms with van der Waals surface area (Å²) in [6.45, 7) is 2.56. The number of halogens is 1. The second kappa shape index (κ2) is 9.09. The first-order valence-electron chi connectivity index (χ1n) is 9.77. The molecule has 9 heteroatoms. The van der Waals surface area contributed by atoms with Gasteiger partial charge in [-0.05, 0) is 49.6 Å². The molecule has 30 heavy (non-hydrogen) atoms. The van der Waals surface area contributed by atoms with Crippen molar-refractivity contribution in [3.63, 3.8) is 0 Å². The van der Waals surface area contributed by atoms with E-state index in [0.29, 0.717) is 38.9 Å². The van der Waals surface area contributed by atoms with E-state index in [2.05, 4.69) is 10.2 Å². The smallest absolute Gasteiger partial charge is 0.277 e. The molecule has 6 nitrogen and oxygen atoms in total. The van der Waals surface area contributed by atoms with Gasteiger partial charge in [0.05, 0.1) is 15.5 Å². The molecule has 1 atom stereocenters. The number of rotatable bonds is 6. The second-order valence-corrected chi connectivity index (χ2v) is 10.5. The number of aromatic nitrogens is 2. The Hall–Kier alpha value is -1.87. The predicted molar refractivity (Wildman–Crippen MR) is 118 cm³/mol. The zero-order chi connectivity index (χ0) is 21.1. The van der Waals surface area contributed by atoms with Crippen LogP contribution in [0.1, 0.15) is 31.7 Å². The molecule has 158 valence electrons. The van der Waals surface area contributed by atoms with Gasteiger partial charge in [0, 0.05) is 18.3 Å². The lowest BCUT2D eigenvalue weighted by atomic mass is 10.1. The summed E-state index contributed by atoms with van der Waals surface area (Å²) in [5.41, 5.74) is 1.67.